The van der Waals surface area contributed by atoms with Crippen molar-refractivity contribution in [2.45, 2.75) is 13.0 Å². The number of rotatable bonds is 5. The Morgan fingerprint density at radius 2 is 1.80 bits per heavy atom. The molecule has 0 spiro atoms. The summed E-state index contributed by atoms with van der Waals surface area (Å²) in [4.78, 5) is 23.5. The van der Waals surface area contributed by atoms with E-state index in [1.54, 1.807) is 31.2 Å². The Hall–Kier alpha value is -2.15. The molecule has 0 heterocycles. The van der Waals surface area contributed by atoms with E-state index in [0.717, 1.165) is 0 Å². The molecule has 132 valence electrons. The first-order chi connectivity index (χ1) is 11.9. The second-order valence-electron chi connectivity index (χ2n) is 5.26. The maximum atomic E-state index is 13.5. The van der Waals surface area contributed by atoms with Gasteiger partial charge in [-0.3, -0.25) is 10.1 Å². The van der Waals surface area contributed by atoms with Gasteiger partial charge in [-0.2, -0.15) is 0 Å². The van der Waals surface area contributed by atoms with Crippen LogP contribution in [0.25, 0.3) is 0 Å². The highest BCUT2D eigenvalue weighted by Crippen LogP contribution is 2.28. The number of nitrogens with one attached hydrogen (secondary N) is 3. The van der Waals surface area contributed by atoms with Crippen LogP contribution >= 0.6 is 23.2 Å². The maximum absolute atomic E-state index is 13.5. The molecular formula is C17H16Cl2FN3O2. The quantitative estimate of drug-likeness (QED) is 0.679. The maximum Gasteiger partial charge on any atom is 0.325 e. The van der Waals surface area contributed by atoms with E-state index in [4.69, 9.17) is 23.2 Å². The number of halogens is 3. The summed E-state index contributed by atoms with van der Waals surface area (Å²) in [5, 5.41) is 7.80. The van der Waals surface area contributed by atoms with E-state index in [9.17, 15) is 14.0 Å². The standard InChI is InChI=1S/C17H16Cl2FN3O2/c1-10(12-7-15(20)14(19)8-13(12)18)21-9-16(24)23-17(25)22-11-5-3-2-4-6-11/h2-8,10,21H,9H2,1H3,(H2,22,23,24,25)/t10-/m0/s1. The minimum absolute atomic E-state index is 0.0729. The molecular weight excluding hydrogens is 368 g/mol. The van der Waals surface area contributed by atoms with E-state index in [-0.39, 0.29) is 16.6 Å². The highest BCUT2D eigenvalue weighted by Gasteiger charge is 2.15. The Bertz CT molecular complexity index is 772. The molecule has 0 aliphatic carbocycles. The Morgan fingerprint density at radius 3 is 2.48 bits per heavy atom. The molecule has 2 rings (SSSR count). The van der Waals surface area contributed by atoms with Crippen LogP contribution < -0.4 is 16.0 Å². The summed E-state index contributed by atoms with van der Waals surface area (Å²) < 4.78 is 13.5. The molecule has 0 saturated carbocycles. The smallest absolute Gasteiger partial charge is 0.308 e. The number of imide groups is 1. The van der Waals surface area contributed by atoms with Crippen molar-refractivity contribution >= 4 is 40.8 Å². The van der Waals surface area contributed by atoms with Crippen LogP contribution in [0.15, 0.2) is 42.5 Å². The van der Waals surface area contributed by atoms with Crippen LogP contribution in [-0.4, -0.2) is 18.5 Å². The topological polar surface area (TPSA) is 70.2 Å². The van der Waals surface area contributed by atoms with Gasteiger partial charge in [-0.1, -0.05) is 41.4 Å². The first-order valence-electron chi connectivity index (χ1n) is 7.40. The molecule has 1 atom stereocenters. The summed E-state index contributed by atoms with van der Waals surface area (Å²) in [6.07, 6.45) is 0. The highest BCUT2D eigenvalue weighted by molar-refractivity contribution is 6.35. The number of urea groups is 1. The lowest BCUT2D eigenvalue weighted by molar-refractivity contribution is -0.119. The van der Waals surface area contributed by atoms with Crippen molar-refractivity contribution in [2.24, 2.45) is 0 Å². The van der Waals surface area contributed by atoms with Gasteiger partial charge in [0.25, 0.3) is 0 Å². The summed E-state index contributed by atoms with van der Waals surface area (Å²) >= 11 is 11.7. The Labute approximate surface area is 154 Å². The lowest BCUT2D eigenvalue weighted by Gasteiger charge is -2.16. The fourth-order valence-electron chi connectivity index (χ4n) is 2.08. The molecule has 0 bridgehead atoms. The Kier molecular flexibility index (Phi) is 6.75. The predicted molar refractivity (Wildman–Crippen MR) is 96.4 cm³/mol. The zero-order chi connectivity index (χ0) is 18.4. The Morgan fingerprint density at radius 1 is 1.12 bits per heavy atom. The van der Waals surface area contributed by atoms with Gasteiger partial charge in [-0.25, -0.2) is 9.18 Å². The average molecular weight is 384 g/mol. The molecule has 0 aromatic heterocycles. The van der Waals surface area contributed by atoms with Crippen LogP contribution in [0.4, 0.5) is 14.9 Å². The highest BCUT2D eigenvalue weighted by atomic mass is 35.5. The molecule has 5 nitrogen and oxygen atoms in total. The van der Waals surface area contributed by atoms with Gasteiger partial charge in [0.15, 0.2) is 0 Å². The summed E-state index contributed by atoms with van der Waals surface area (Å²) in [6.45, 7) is 1.57. The Balaban J connectivity index is 1.85. The second-order valence-corrected chi connectivity index (χ2v) is 6.07. The van der Waals surface area contributed by atoms with Crippen LogP contribution in [-0.2, 0) is 4.79 Å². The fourth-order valence-corrected chi connectivity index (χ4v) is 2.63. The van der Waals surface area contributed by atoms with Gasteiger partial charge in [-0.15, -0.1) is 0 Å². The molecule has 0 aliphatic heterocycles. The van der Waals surface area contributed by atoms with E-state index in [1.165, 1.54) is 12.1 Å². The van der Waals surface area contributed by atoms with E-state index >= 15 is 0 Å². The first-order valence-corrected chi connectivity index (χ1v) is 8.16. The molecule has 3 amide bonds. The molecule has 0 saturated heterocycles. The third-order valence-corrected chi connectivity index (χ3v) is 3.98. The van der Waals surface area contributed by atoms with Crippen molar-refractivity contribution in [2.75, 3.05) is 11.9 Å². The third-order valence-electron chi connectivity index (χ3n) is 3.36. The molecule has 0 fully saturated rings. The van der Waals surface area contributed by atoms with E-state index < -0.39 is 23.8 Å². The number of amides is 3. The molecule has 0 radical (unpaired) electrons. The lowest BCUT2D eigenvalue weighted by Crippen LogP contribution is -2.40. The zero-order valence-corrected chi connectivity index (χ0v) is 14.8. The van der Waals surface area contributed by atoms with E-state index in [0.29, 0.717) is 11.3 Å². The van der Waals surface area contributed by atoms with Crippen LogP contribution in [0.2, 0.25) is 10.0 Å². The summed E-state index contributed by atoms with van der Waals surface area (Å²) in [7, 11) is 0. The van der Waals surface area contributed by atoms with E-state index in [1.807, 2.05) is 6.07 Å². The first kappa shape index (κ1) is 19.2. The largest absolute Gasteiger partial charge is 0.325 e. The van der Waals surface area contributed by atoms with Gasteiger partial charge in [0.2, 0.25) is 5.91 Å². The number of anilines is 1. The number of carbonyl (C=O) groups is 2. The number of carbonyl (C=O) groups excluding carboxylic acids is 2. The zero-order valence-electron chi connectivity index (χ0n) is 13.3. The van der Waals surface area contributed by atoms with Gasteiger partial charge in [0, 0.05) is 16.8 Å². The van der Waals surface area contributed by atoms with Gasteiger partial charge >= 0.3 is 6.03 Å². The number of benzene rings is 2. The molecule has 2 aromatic rings. The fraction of sp³-hybridized carbons (Fsp3) is 0.176. The van der Waals surface area contributed by atoms with Crippen molar-refractivity contribution < 1.29 is 14.0 Å². The van der Waals surface area contributed by atoms with Crippen molar-refractivity contribution in [1.82, 2.24) is 10.6 Å². The minimum atomic E-state index is -0.638. The lowest BCUT2D eigenvalue weighted by atomic mass is 10.1. The molecule has 3 N–H and O–H groups in total. The number of hydrogen-bond donors (Lipinski definition) is 3. The average Bonchev–Trinajstić information content (AvgIpc) is 2.56. The van der Waals surface area contributed by atoms with Crippen LogP contribution in [0, 0.1) is 5.82 Å². The van der Waals surface area contributed by atoms with Crippen molar-refractivity contribution in [3.05, 3.63) is 63.9 Å². The summed E-state index contributed by atoms with van der Waals surface area (Å²) in [5.74, 6) is -1.13. The van der Waals surface area contributed by atoms with Gasteiger partial charge in [-0.05, 0) is 36.8 Å². The van der Waals surface area contributed by atoms with Crippen molar-refractivity contribution in [3.8, 4) is 0 Å². The number of para-hydroxylation sites is 1. The second kappa shape index (κ2) is 8.80. The van der Waals surface area contributed by atoms with Crippen LogP contribution in [0.1, 0.15) is 18.5 Å². The van der Waals surface area contributed by atoms with Gasteiger partial charge in [0.05, 0.1) is 11.6 Å². The molecule has 0 aliphatic rings. The normalized spacial score (nSPS) is 11.7. The van der Waals surface area contributed by atoms with E-state index in [2.05, 4.69) is 16.0 Å². The monoisotopic (exact) mass is 383 g/mol. The van der Waals surface area contributed by atoms with Gasteiger partial charge in [0.1, 0.15) is 5.82 Å². The van der Waals surface area contributed by atoms with Crippen LogP contribution in [0.5, 0.6) is 0 Å². The number of hydrogen-bond acceptors (Lipinski definition) is 3. The molecule has 0 unspecified atom stereocenters. The molecule has 8 heteroatoms. The SMILES string of the molecule is C[C@H](NCC(=O)NC(=O)Nc1ccccc1)c1cc(F)c(Cl)cc1Cl. The molecule has 2 aromatic carbocycles. The molecule has 25 heavy (non-hydrogen) atoms. The van der Waals surface area contributed by atoms with Crippen molar-refractivity contribution in [1.29, 1.82) is 0 Å². The summed E-state index contributed by atoms with van der Waals surface area (Å²) in [6, 6.07) is 10.2. The third kappa shape index (κ3) is 5.70. The van der Waals surface area contributed by atoms with Gasteiger partial charge < -0.3 is 10.6 Å². The van der Waals surface area contributed by atoms with Crippen LogP contribution in [0.3, 0.4) is 0 Å². The predicted octanol–water partition coefficient (Wildman–Crippen LogP) is 4.13. The minimum Gasteiger partial charge on any atom is -0.308 e. The summed E-state index contributed by atoms with van der Waals surface area (Å²) in [5.41, 5.74) is 1.03. The van der Waals surface area contributed by atoms with Crippen molar-refractivity contribution in [3.63, 3.8) is 0 Å².